The molecular formula is C18H28N2O4S. The van der Waals surface area contributed by atoms with E-state index in [0.717, 1.165) is 19.5 Å². The smallest absolute Gasteiger partial charge is 0.240 e. The summed E-state index contributed by atoms with van der Waals surface area (Å²) in [4.78, 5) is 14.3. The van der Waals surface area contributed by atoms with Crippen molar-refractivity contribution in [3.8, 4) is 5.75 Å². The van der Waals surface area contributed by atoms with Crippen LogP contribution >= 0.6 is 0 Å². The van der Waals surface area contributed by atoms with Gasteiger partial charge in [0.1, 0.15) is 5.75 Å². The Balaban J connectivity index is 1.86. The van der Waals surface area contributed by atoms with Crippen molar-refractivity contribution in [3.63, 3.8) is 0 Å². The van der Waals surface area contributed by atoms with E-state index < -0.39 is 10.0 Å². The highest BCUT2D eigenvalue weighted by molar-refractivity contribution is 7.89. The van der Waals surface area contributed by atoms with E-state index in [9.17, 15) is 13.2 Å². The number of carbonyl (C=O) groups excluding carboxylic acids is 1. The van der Waals surface area contributed by atoms with Gasteiger partial charge < -0.3 is 9.64 Å². The first-order valence-electron chi connectivity index (χ1n) is 8.82. The minimum Gasteiger partial charge on any atom is -0.494 e. The Morgan fingerprint density at radius 2 is 1.80 bits per heavy atom. The molecule has 1 heterocycles. The van der Waals surface area contributed by atoms with Crippen LogP contribution < -0.4 is 9.46 Å². The van der Waals surface area contributed by atoms with Gasteiger partial charge in [-0.05, 0) is 49.4 Å². The maximum absolute atomic E-state index is 12.3. The molecule has 2 rings (SSSR count). The van der Waals surface area contributed by atoms with Crippen LogP contribution in [0.5, 0.6) is 5.75 Å². The van der Waals surface area contributed by atoms with Crippen LogP contribution in [0.25, 0.3) is 0 Å². The highest BCUT2D eigenvalue weighted by Crippen LogP contribution is 2.21. The maximum atomic E-state index is 12.3. The normalized spacial score (nSPS) is 21.2. The van der Waals surface area contributed by atoms with Gasteiger partial charge >= 0.3 is 0 Å². The number of rotatable bonds is 7. The summed E-state index contributed by atoms with van der Waals surface area (Å²) in [6, 6.07) is 6.26. The molecule has 0 radical (unpaired) electrons. The minimum absolute atomic E-state index is 0.00722. The number of likely N-dealkylation sites (tertiary alicyclic amines) is 1. The summed E-state index contributed by atoms with van der Waals surface area (Å²) in [6.45, 7) is 8.31. The van der Waals surface area contributed by atoms with Gasteiger partial charge in [0.2, 0.25) is 15.9 Å². The SMILES string of the molecule is CCOc1ccc(S(=O)(=O)NCCC(=O)N2C[C@H](C)C[C@@H](C)C2)cc1. The molecule has 0 aromatic heterocycles. The Kier molecular flexibility index (Phi) is 6.84. The molecule has 1 saturated heterocycles. The second kappa shape index (κ2) is 8.67. The average molecular weight is 368 g/mol. The van der Waals surface area contributed by atoms with Crippen LogP contribution in [0.15, 0.2) is 29.2 Å². The monoisotopic (exact) mass is 368 g/mol. The molecule has 6 nitrogen and oxygen atoms in total. The minimum atomic E-state index is -3.62. The van der Waals surface area contributed by atoms with Gasteiger partial charge in [-0.25, -0.2) is 13.1 Å². The quantitative estimate of drug-likeness (QED) is 0.801. The molecule has 0 unspecified atom stereocenters. The van der Waals surface area contributed by atoms with Gasteiger partial charge in [0.25, 0.3) is 0 Å². The Bertz CT molecular complexity index is 663. The highest BCUT2D eigenvalue weighted by atomic mass is 32.2. The van der Waals surface area contributed by atoms with E-state index in [2.05, 4.69) is 18.6 Å². The molecule has 140 valence electrons. The van der Waals surface area contributed by atoms with Crippen LogP contribution in [0.1, 0.15) is 33.6 Å². The third-order valence-electron chi connectivity index (χ3n) is 4.30. The molecule has 0 aliphatic carbocycles. The van der Waals surface area contributed by atoms with E-state index in [1.165, 1.54) is 12.1 Å². The molecule has 1 aliphatic heterocycles. The summed E-state index contributed by atoms with van der Waals surface area (Å²) in [5.74, 6) is 1.62. The van der Waals surface area contributed by atoms with Crippen LogP contribution in [-0.4, -0.2) is 45.5 Å². The molecule has 25 heavy (non-hydrogen) atoms. The van der Waals surface area contributed by atoms with Crippen molar-refractivity contribution < 1.29 is 17.9 Å². The fourth-order valence-corrected chi connectivity index (χ4v) is 4.31. The topological polar surface area (TPSA) is 75.7 Å². The number of amides is 1. The number of carbonyl (C=O) groups is 1. The van der Waals surface area contributed by atoms with E-state index in [0.29, 0.717) is 24.2 Å². The second-order valence-electron chi connectivity index (χ2n) is 6.80. The number of ether oxygens (including phenoxy) is 1. The molecule has 0 spiro atoms. The van der Waals surface area contributed by atoms with Crippen molar-refractivity contribution in [3.05, 3.63) is 24.3 Å². The van der Waals surface area contributed by atoms with Crippen molar-refractivity contribution in [2.24, 2.45) is 11.8 Å². The first kappa shape index (κ1) is 19.7. The number of nitrogens with zero attached hydrogens (tertiary/aromatic N) is 1. The predicted molar refractivity (Wildman–Crippen MR) is 96.9 cm³/mol. The van der Waals surface area contributed by atoms with Crippen LogP contribution in [0, 0.1) is 11.8 Å². The molecular weight excluding hydrogens is 340 g/mol. The molecule has 1 aromatic carbocycles. The molecule has 0 saturated carbocycles. The number of piperidine rings is 1. The molecule has 2 atom stereocenters. The zero-order valence-corrected chi connectivity index (χ0v) is 16.0. The Morgan fingerprint density at radius 1 is 1.20 bits per heavy atom. The first-order chi connectivity index (χ1) is 11.8. The van der Waals surface area contributed by atoms with Crippen LogP contribution in [0.3, 0.4) is 0 Å². The van der Waals surface area contributed by atoms with Crippen LogP contribution in [-0.2, 0) is 14.8 Å². The molecule has 1 aromatic rings. The van der Waals surface area contributed by atoms with E-state index in [4.69, 9.17) is 4.74 Å². The van der Waals surface area contributed by atoms with E-state index in [1.54, 1.807) is 12.1 Å². The van der Waals surface area contributed by atoms with Gasteiger partial charge in [0.15, 0.2) is 0 Å². The number of benzene rings is 1. The average Bonchev–Trinajstić information content (AvgIpc) is 2.54. The lowest BCUT2D eigenvalue weighted by atomic mass is 9.92. The Labute approximate surface area is 150 Å². The third kappa shape index (κ3) is 5.71. The first-order valence-corrected chi connectivity index (χ1v) is 10.3. The summed E-state index contributed by atoms with van der Waals surface area (Å²) < 4.78 is 32.4. The van der Waals surface area contributed by atoms with Gasteiger partial charge in [0.05, 0.1) is 11.5 Å². The maximum Gasteiger partial charge on any atom is 0.240 e. The standard InChI is InChI=1S/C18H28N2O4S/c1-4-24-16-5-7-17(8-6-16)25(22,23)19-10-9-18(21)20-12-14(2)11-15(3)13-20/h5-8,14-15,19H,4,9-13H2,1-3H3/t14-,15-/m1/s1. The van der Waals surface area contributed by atoms with Crippen molar-refractivity contribution in [1.29, 1.82) is 0 Å². The van der Waals surface area contributed by atoms with Gasteiger partial charge in [-0.3, -0.25) is 4.79 Å². The zero-order chi connectivity index (χ0) is 18.4. The van der Waals surface area contributed by atoms with Crippen LogP contribution in [0.2, 0.25) is 0 Å². The summed E-state index contributed by atoms with van der Waals surface area (Å²) in [7, 11) is -3.62. The van der Waals surface area contributed by atoms with E-state index in [1.807, 2.05) is 11.8 Å². The largest absolute Gasteiger partial charge is 0.494 e. The lowest BCUT2D eigenvalue weighted by molar-refractivity contribution is -0.133. The summed E-state index contributed by atoms with van der Waals surface area (Å²) in [5.41, 5.74) is 0. The molecule has 1 N–H and O–H groups in total. The van der Waals surface area contributed by atoms with Gasteiger partial charge in [-0.15, -0.1) is 0 Å². The summed E-state index contributed by atoms with van der Waals surface area (Å²) in [5, 5.41) is 0. The van der Waals surface area contributed by atoms with E-state index in [-0.39, 0.29) is 23.8 Å². The fourth-order valence-electron chi connectivity index (χ4n) is 3.28. The number of sulfonamides is 1. The zero-order valence-electron chi connectivity index (χ0n) is 15.2. The molecule has 0 bridgehead atoms. The van der Waals surface area contributed by atoms with Gasteiger partial charge in [-0.1, -0.05) is 13.8 Å². The molecule has 1 amide bonds. The van der Waals surface area contributed by atoms with Crippen molar-refractivity contribution >= 4 is 15.9 Å². The van der Waals surface area contributed by atoms with Crippen molar-refractivity contribution in [2.45, 2.75) is 38.5 Å². The fraction of sp³-hybridized carbons (Fsp3) is 0.611. The summed E-state index contributed by atoms with van der Waals surface area (Å²) in [6.07, 6.45) is 1.31. The predicted octanol–water partition coefficient (Wildman–Crippen LogP) is 2.26. The highest BCUT2D eigenvalue weighted by Gasteiger charge is 2.25. The lowest BCUT2D eigenvalue weighted by Gasteiger charge is -2.35. The number of hydrogen-bond acceptors (Lipinski definition) is 4. The summed E-state index contributed by atoms with van der Waals surface area (Å²) >= 11 is 0. The van der Waals surface area contributed by atoms with Gasteiger partial charge in [-0.2, -0.15) is 0 Å². The third-order valence-corrected chi connectivity index (χ3v) is 5.77. The van der Waals surface area contributed by atoms with Gasteiger partial charge in [0, 0.05) is 26.1 Å². The molecule has 1 fully saturated rings. The second-order valence-corrected chi connectivity index (χ2v) is 8.56. The lowest BCUT2D eigenvalue weighted by Crippen LogP contribution is -2.43. The number of hydrogen-bond donors (Lipinski definition) is 1. The van der Waals surface area contributed by atoms with Crippen molar-refractivity contribution in [1.82, 2.24) is 9.62 Å². The van der Waals surface area contributed by atoms with E-state index >= 15 is 0 Å². The van der Waals surface area contributed by atoms with Crippen molar-refractivity contribution in [2.75, 3.05) is 26.2 Å². The number of nitrogens with one attached hydrogen (secondary N) is 1. The molecule has 1 aliphatic rings. The Hall–Kier alpha value is -1.60. The van der Waals surface area contributed by atoms with Crippen LogP contribution in [0.4, 0.5) is 0 Å². The molecule has 7 heteroatoms. The Morgan fingerprint density at radius 3 is 2.36 bits per heavy atom.